The van der Waals surface area contributed by atoms with Crippen molar-refractivity contribution in [1.29, 1.82) is 0 Å². The molecule has 3 N–H and O–H groups in total. The molecule has 0 radical (unpaired) electrons. The summed E-state index contributed by atoms with van der Waals surface area (Å²) >= 11 is 9.08. The quantitative estimate of drug-likeness (QED) is 0.854. The molecule has 0 bridgehead atoms. The number of sulfonamides is 1. The molecular formula is C12H12BrClN2O3S. The molecule has 0 aliphatic rings. The predicted octanol–water partition coefficient (Wildman–Crippen LogP) is 3.26. The topological polar surface area (TPSA) is 85.3 Å². The summed E-state index contributed by atoms with van der Waals surface area (Å²) < 4.78 is 32.3. The summed E-state index contributed by atoms with van der Waals surface area (Å²) in [6.07, 6.45) is 0. The molecule has 1 aromatic carbocycles. The molecular weight excluding hydrogens is 368 g/mol. The summed E-state index contributed by atoms with van der Waals surface area (Å²) in [5, 5.41) is 0.326. The Balaban J connectivity index is 2.38. The van der Waals surface area contributed by atoms with Crippen LogP contribution in [0.15, 0.2) is 38.2 Å². The highest BCUT2D eigenvalue weighted by molar-refractivity contribution is 9.10. The highest BCUT2D eigenvalue weighted by atomic mass is 79.9. The van der Waals surface area contributed by atoms with Crippen molar-refractivity contribution < 1.29 is 12.8 Å². The first-order valence-corrected chi connectivity index (χ1v) is 8.26. The number of hydrogen-bond donors (Lipinski definition) is 2. The lowest BCUT2D eigenvalue weighted by Gasteiger charge is -2.08. The highest BCUT2D eigenvalue weighted by Crippen LogP contribution is 2.30. The third-order valence-corrected chi connectivity index (χ3v) is 5.10. The Bertz CT molecular complexity index is 743. The normalized spacial score (nSPS) is 11.6. The molecule has 0 amide bonds. The Labute approximate surface area is 130 Å². The maximum atomic E-state index is 12.3. The van der Waals surface area contributed by atoms with Crippen LogP contribution in [0.5, 0.6) is 0 Å². The van der Waals surface area contributed by atoms with Crippen LogP contribution >= 0.6 is 27.5 Å². The summed E-state index contributed by atoms with van der Waals surface area (Å²) in [4.78, 5) is -0.0189. The van der Waals surface area contributed by atoms with Gasteiger partial charge in [-0.1, -0.05) is 17.7 Å². The average molecular weight is 380 g/mol. The average Bonchev–Trinajstić information content (AvgIpc) is 2.75. The number of rotatable bonds is 4. The molecule has 8 heteroatoms. The first-order chi connectivity index (χ1) is 9.33. The van der Waals surface area contributed by atoms with Gasteiger partial charge in [-0.25, -0.2) is 8.42 Å². The zero-order valence-electron chi connectivity index (χ0n) is 10.5. The molecule has 1 aromatic heterocycles. The Morgan fingerprint density at radius 2 is 2.10 bits per heavy atom. The number of nitrogens with one attached hydrogen (secondary N) is 1. The van der Waals surface area contributed by atoms with Crippen LogP contribution in [-0.4, -0.2) is 8.42 Å². The van der Waals surface area contributed by atoms with Gasteiger partial charge in [0, 0.05) is 6.07 Å². The number of nitrogens with two attached hydrogens (primary N) is 1. The summed E-state index contributed by atoms with van der Waals surface area (Å²) in [6, 6.07) is 6.41. The van der Waals surface area contributed by atoms with E-state index in [1.807, 2.05) is 6.92 Å². The summed E-state index contributed by atoms with van der Waals surface area (Å²) in [5.41, 5.74) is 6.66. The van der Waals surface area contributed by atoms with Crippen LogP contribution in [0.3, 0.4) is 0 Å². The second-order valence-corrected chi connectivity index (χ2v) is 6.92. The minimum Gasteiger partial charge on any atom is -0.452 e. The van der Waals surface area contributed by atoms with Gasteiger partial charge in [-0.2, -0.15) is 0 Å². The van der Waals surface area contributed by atoms with Gasteiger partial charge in [0.15, 0.2) is 4.67 Å². The van der Waals surface area contributed by atoms with Crippen molar-refractivity contribution in [1.82, 2.24) is 0 Å². The molecule has 0 saturated carbocycles. The Hall–Kier alpha value is -1.02. The van der Waals surface area contributed by atoms with Crippen LogP contribution < -0.4 is 10.5 Å². The Kier molecular flexibility index (Phi) is 4.43. The van der Waals surface area contributed by atoms with E-state index in [-0.39, 0.29) is 16.1 Å². The zero-order chi connectivity index (χ0) is 14.9. The predicted molar refractivity (Wildman–Crippen MR) is 81.3 cm³/mol. The first-order valence-electron chi connectivity index (χ1n) is 5.60. The molecule has 0 atom stereocenters. The molecule has 108 valence electrons. The van der Waals surface area contributed by atoms with E-state index >= 15 is 0 Å². The third kappa shape index (κ3) is 3.17. The fourth-order valence-corrected chi connectivity index (χ4v) is 4.00. The van der Waals surface area contributed by atoms with E-state index in [0.717, 1.165) is 5.56 Å². The van der Waals surface area contributed by atoms with E-state index < -0.39 is 10.0 Å². The number of anilines is 1. The van der Waals surface area contributed by atoms with Gasteiger partial charge in [-0.05, 0) is 40.5 Å². The number of benzene rings is 1. The number of hydrogen-bond acceptors (Lipinski definition) is 4. The van der Waals surface area contributed by atoms with E-state index in [2.05, 4.69) is 20.7 Å². The van der Waals surface area contributed by atoms with Crippen molar-refractivity contribution in [2.45, 2.75) is 18.4 Å². The third-order valence-electron chi connectivity index (χ3n) is 2.57. The Morgan fingerprint density at radius 1 is 1.40 bits per heavy atom. The molecule has 0 spiro atoms. The van der Waals surface area contributed by atoms with Crippen LogP contribution in [0.4, 0.5) is 5.69 Å². The van der Waals surface area contributed by atoms with Crippen molar-refractivity contribution in [2.24, 2.45) is 5.73 Å². The second kappa shape index (κ2) is 5.77. The molecule has 0 aliphatic heterocycles. The minimum atomic E-state index is -3.80. The lowest BCUT2D eigenvalue weighted by atomic mass is 10.2. The zero-order valence-corrected chi connectivity index (χ0v) is 13.6. The Morgan fingerprint density at radius 3 is 2.65 bits per heavy atom. The van der Waals surface area contributed by atoms with Crippen molar-refractivity contribution in [2.75, 3.05) is 4.72 Å². The van der Waals surface area contributed by atoms with E-state index in [4.69, 9.17) is 21.8 Å². The van der Waals surface area contributed by atoms with E-state index in [9.17, 15) is 8.42 Å². The number of aryl methyl sites for hydroxylation is 1. The molecule has 2 rings (SSSR count). The maximum absolute atomic E-state index is 12.3. The fourth-order valence-electron chi connectivity index (χ4n) is 1.58. The standard InChI is InChI=1S/C12H12BrClN2O3S/c1-7-2-3-10(9(14)4-7)16-20(17,18)11-5-8(6-15)19-12(11)13/h2-5,16H,6,15H2,1H3. The molecule has 1 heterocycles. The fraction of sp³-hybridized carbons (Fsp3) is 0.167. The van der Waals surface area contributed by atoms with Gasteiger partial charge >= 0.3 is 0 Å². The van der Waals surface area contributed by atoms with Gasteiger partial charge in [0.2, 0.25) is 0 Å². The van der Waals surface area contributed by atoms with Crippen molar-refractivity contribution in [3.05, 3.63) is 45.3 Å². The van der Waals surface area contributed by atoms with Crippen LogP contribution in [0.25, 0.3) is 0 Å². The maximum Gasteiger partial charge on any atom is 0.266 e. The summed E-state index contributed by atoms with van der Waals surface area (Å²) in [5.74, 6) is 0.368. The second-order valence-electron chi connectivity index (χ2n) is 4.14. The molecule has 5 nitrogen and oxygen atoms in total. The van der Waals surface area contributed by atoms with Gasteiger partial charge in [0.25, 0.3) is 10.0 Å². The van der Waals surface area contributed by atoms with Crippen molar-refractivity contribution in [3.63, 3.8) is 0 Å². The van der Waals surface area contributed by atoms with E-state index in [1.54, 1.807) is 18.2 Å². The molecule has 0 fully saturated rings. The molecule has 0 aliphatic carbocycles. The molecule has 20 heavy (non-hydrogen) atoms. The smallest absolute Gasteiger partial charge is 0.266 e. The van der Waals surface area contributed by atoms with Crippen LogP contribution in [0, 0.1) is 6.92 Å². The number of halogens is 2. The summed E-state index contributed by atoms with van der Waals surface area (Å²) in [7, 11) is -3.80. The van der Waals surface area contributed by atoms with Gasteiger partial charge in [-0.3, -0.25) is 4.72 Å². The van der Waals surface area contributed by atoms with Gasteiger partial charge in [0.05, 0.1) is 17.3 Å². The monoisotopic (exact) mass is 378 g/mol. The SMILES string of the molecule is Cc1ccc(NS(=O)(=O)c2cc(CN)oc2Br)c(Cl)c1. The molecule has 2 aromatic rings. The first kappa shape index (κ1) is 15.4. The van der Waals surface area contributed by atoms with Crippen LogP contribution in [0.1, 0.15) is 11.3 Å². The number of furan rings is 1. The summed E-state index contributed by atoms with van der Waals surface area (Å²) in [6.45, 7) is 1.98. The van der Waals surface area contributed by atoms with Crippen molar-refractivity contribution in [3.8, 4) is 0 Å². The highest BCUT2D eigenvalue weighted by Gasteiger charge is 2.23. The lowest BCUT2D eigenvalue weighted by molar-refractivity contribution is 0.484. The molecule has 0 saturated heterocycles. The van der Waals surface area contributed by atoms with Crippen LogP contribution in [-0.2, 0) is 16.6 Å². The van der Waals surface area contributed by atoms with Crippen LogP contribution in [0.2, 0.25) is 5.02 Å². The van der Waals surface area contributed by atoms with E-state index in [1.165, 1.54) is 6.07 Å². The van der Waals surface area contributed by atoms with Gasteiger partial charge in [0.1, 0.15) is 10.7 Å². The minimum absolute atomic E-state index is 0.0189. The largest absolute Gasteiger partial charge is 0.452 e. The van der Waals surface area contributed by atoms with Crippen molar-refractivity contribution >= 4 is 43.2 Å². The van der Waals surface area contributed by atoms with E-state index in [0.29, 0.717) is 16.5 Å². The lowest BCUT2D eigenvalue weighted by Crippen LogP contribution is -2.13. The molecule has 0 unspecified atom stereocenters. The van der Waals surface area contributed by atoms with Gasteiger partial charge in [-0.15, -0.1) is 0 Å². The van der Waals surface area contributed by atoms with Gasteiger partial charge < -0.3 is 10.2 Å².